The van der Waals surface area contributed by atoms with Crippen LogP contribution in [0.1, 0.15) is 11.3 Å². The summed E-state index contributed by atoms with van der Waals surface area (Å²) >= 11 is 2.22. The van der Waals surface area contributed by atoms with Crippen LogP contribution in [0.5, 0.6) is 0 Å². The van der Waals surface area contributed by atoms with Crippen LogP contribution < -0.4 is 0 Å². The van der Waals surface area contributed by atoms with E-state index in [9.17, 15) is 0 Å². The van der Waals surface area contributed by atoms with E-state index >= 15 is 0 Å². The van der Waals surface area contributed by atoms with E-state index in [-0.39, 0.29) is 0 Å². The molecule has 0 aliphatic carbocycles. The molecule has 2 nitrogen and oxygen atoms in total. The van der Waals surface area contributed by atoms with Gasteiger partial charge < -0.3 is 0 Å². The van der Waals surface area contributed by atoms with E-state index in [0.717, 1.165) is 15.8 Å². The second-order valence-corrected chi connectivity index (χ2v) is 3.63. The third kappa shape index (κ3) is 1.55. The topological polar surface area (TPSA) is 25.2 Å². The fourth-order valence-corrected chi connectivity index (χ4v) is 1.60. The lowest BCUT2D eigenvalue weighted by Crippen LogP contribution is -1.95. The predicted molar refractivity (Wildman–Crippen MR) is 58.2 cm³/mol. The number of hydrogen-bond donors (Lipinski definition) is 0. The average Bonchev–Trinajstić information content (AvgIpc) is 2.28. The number of fused-ring (bicyclic) bond motifs is 1. The van der Waals surface area contributed by atoms with Crippen LogP contribution in [0.15, 0.2) is 23.3 Å². The molecule has 0 N–H and O–H groups in total. The Balaban J connectivity index is 2.53. The second kappa shape index (κ2) is 3.35. The molecule has 0 amide bonds. The summed E-state index contributed by atoms with van der Waals surface area (Å²) in [6.07, 6.45) is 6.51. The van der Waals surface area contributed by atoms with E-state index in [1.807, 2.05) is 18.4 Å². The molecule has 0 bridgehead atoms. The lowest BCUT2D eigenvalue weighted by molar-refractivity contribution is 1.12. The van der Waals surface area contributed by atoms with Gasteiger partial charge in [0.05, 0.1) is 5.69 Å². The molecule has 0 fully saturated rings. The molecule has 1 aromatic rings. The molecule has 0 atom stereocenters. The summed E-state index contributed by atoms with van der Waals surface area (Å²) in [6.45, 7) is 0. The van der Waals surface area contributed by atoms with Gasteiger partial charge in [-0.25, -0.2) is 4.98 Å². The monoisotopic (exact) mass is 270 g/mol. The third-order valence-corrected chi connectivity index (χ3v) is 2.31. The van der Waals surface area contributed by atoms with Gasteiger partial charge in [0.25, 0.3) is 0 Å². The van der Waals surface area contributed by atoms with E-state index in [4.69, 9.17) is 0 Å². The fraction of sp³-hybridized carbons (Fsp3) is 0.111. The third-order valence-electron chi connectivity index (χ3n) is 1.71. The van der Waals surface area contributed by atoms with Crippen molar-refractivity contribution in [2.45, 2.75) is 6.42 Å². The summed E-state index contributed by atoms with van der Waals surface area (Å²) < 4.78 is 1.04. The van der Waals surface area contributed by atoms with Crippen LogP contribution >= 0.6 is 22.6 Å². The standard InChI is InChI=1S/C9H7IN2/c10-9-2-1-7-3-5-11-6-4-8(7)12-9/h1-3,5-6H,4H2. The summed E-state index contributed by atoms with van der Waals surface area (Å²) in [5.41, 5.74) is 2.28. The number of nitrogens with zero attached hydrogens (tertiary/aromatic N) is 2. The van der Waals surface area contributed by atoms with E-state index in [0.29, 0.717) is 0 Å². The van der Waals surface area contributed by atoms with Crippen LogP contribution in [0, 0.1) is 3.70 Å². The molecule has 0 saturated heterocycles. The maximum Gasteiger partial charge on any atom is 0.101 e. The number of aliphatic imine (C=N–C) groups is 1. The van der Waals surface area contributed by atoms with Gasteiger partial charge in [-0.1, -0.05) is 6.07 Å². The maximum absolute atomic E-state index is 4.42. The van der Waals surface area contributed by atoms with Gasteiger partial charge in [-0.2, -0.15) is 0 Å². The Labute approximate surface area is 84.6 Å². The molecule has 2 heterocycles. The zero-order chi connectivity index (χ0) is 8.39. The van der Waals surface area contributed by atoms with Gasteiger partial charge in [0.2, 0.25) is 0 Å². The van der Waals surface area contributed by atoms with Gasteiger partial charge in [0.15, 0.2) is 0 Å². The molecule has 1 aromatic heterocycles. The van der Waals surface area contributed by atoms with Crippen LogP contribution in [0.2, 0.25) is 0 Å². The lowest BCUT2D eigenvalue weighted by atomic mass is 10.1. The molecule has 3 heteroatoms. The van der Waals surface area contributed by atoms with E-state index < -0.39 is 0 Å². The van der Waals surface area contributed by atoms with Crippen LogP contribution in [-0.2, 0) is 6.42 Å². The Bertz CT molecular complexity index is 356. The second-order valence-electron chi connectivity index (χ2n) is 2.52. The number of aromatic nitrogens is 1. The zero-order valence-electron chi connectivity index (χ0n) is 6.37. The molecule has 0 unspecified atom stereocenters. The van der Waals surface area contributed by atoms with Crippen molar-refractivity contribution < 1.29 is 0 Å². The molecular formula is C9H7IN2. The molecule has 0 aromatic carbocycles. The molecule has 0 radical (unpaired) electrons. The first kappa shape index (κ1) is 7.91. The fourth-order valence-electron chi connectivity index (χ4n) is 1.12. The molecular weight excluding hydrogens is 263 g/mol. The quantitative estimate of drug-likeness (QED) is 0.524. The normalized spacial score (nSPS) is 14.1. The average molecular weight is 270 g/mol. The Hall–Kier alpha value is -0.710. The molecule has 12 heavy (non-hydrogen) atoms. The smallest absolute Gasteiger partial charge is 0.101 e. The van der Waals surface area contributed by atoms with E-state index in [1.54, 1.807) is 6.20 Å². The minimum absolute atomic E-state index is 0.833. The Kier molecular flexibility index (Phi) is 2.21. The summed E-state index contributed by atoms with van der Waals surface area (Å²) in [5, 5.41) is 0. The van der Waals surface area contributed by atoms with Crippen molar-refractivity contribution in [3.8, 4) is 0 Å². The molecule has 0 saturated carbocycles. The van der Waals surface area contributed by atoms with Crippen molar-refractivity contribution in [1.82, 2.24) is 4.98 Å². The molecule has 60 valence electrons. The van der Waals surface area contributed by atoms with Crippen molar-refractivity contribution in [1.29, 1.82) is 0 Å². The van der Waals surface area contributed by atoms with Crippen LogP contribution in [0.4, 0.5) is 0 Å². The molecule has 0 spiro atoms. The Morgan fingerprint density at radius 2 is 2.25 bits per heavy atom. The number of halogens is 1. The highest BCUT2D eigenvalue weighted by molar-refractivity contribution is 14.1. The highest BCUT2D eigenvalue weighted by Gasteiger charge is 2.02. The van der Waals surface area contributed by atoms with Gasteiger partial charge in [-0.15, -0.1) is 0 Å². The largest absolute Gasteiger partial charge is 0.269 e. The van der Waals surface area contributed by atoms with E-state index in [2.05, 4.69) is 38.6 Å². The Morgan fingerprint density at radius 3 is 3.17 bits per heavy atom. The highest BCUT2D eigenvalue weighted by atomic mass is 127. The SMILES string of the molecule is Ic1ccc2c(n1)CC=NC=C2. The minimum atomic E-state index is 0.833. The van der Waals surface area contributed by atoms with Crippen molar-refractivity contribution in [2.75, 3.05) is 0 Å². The van der Waals surface area contributed by atoms with Crippen LogP contribution in [0.25, 0.3) is 6.08 Å². The van der Waals surface area contributed by atoms with Crippen LogP contribution in [0.3, 0.4) is 0 Å². The first-order valence-electron chi connectivity index (χ1n) is 3.70. The van der Waals surface area contributed by atoms with Gasteiger partial charge in [0.1, 0.15) is 3.70 Å². The number of hydrogen-bond acceptors (Lipinski definition) is 2. The minimum Gasteiger partial charge on any atom is -0.269 e. The van der Waals surface area contributed by atoms with Gasteiger partial charge in [-0.05, 0) is 40.3 Å². The van der Waals surface area contributed by atoms with Crippen molar-refractivity contribution in [3.63, 3.8) is 0 Å². The summed E-state index contributed by atoms with van der Waals surface area (Å²) in [7, 11) is 0. The van der Waals surface area contributed by atoms with Crippen molar-refractivity contribution in [2.24, 2.45) is 4.99 Å². The number of rotatable bonds is 0. The van der Waals surface area contributed by atoms with Gasteiger partial charge >= 0.3 is 0 Å². The summed E-state index contributed by atoms with van der Waals surface area (Å²) in [6, 6.07) is 4.09. The highest BCUT2D eigenvalue weighted by Crippen LogP contribution is 2.13. The predicted octanol–water partition coefficient (Wildman–Crippen LogP) is 2.28. The van der Waals surface area contributed by atoms with E-state index in [1.165, 1.54) is 5.56 Å². The van der Waals surface area contributed by atoms with Crippen LogP contribution in [-0.4, -0.2) is 11.2 Å². The van der Waals surface area contributed by atoms with Crippen molar-refractivity contribution >= 4 is 34.9 Å². The summed E-state index contributed by atoms with van der Waals surface area (Å²) in [5.74, 6) is 0. The van der Waals surface area contributed by atoms with Gasteiger partial charge in [0, 0.05) is 18.8 Å². The first-order chi connectivity index (χ1) is 5.86. The molecule has 2 rings (SSSR count). The molecule has 1 aliphatic heterocycles. The number of pyridine rings is 1. The molecule has 1 aliphatic rings. The van der Waals surface area contributed by atoms with Crippen molar-refractivity contribution in [3.05, 3.63) is 33.3 Å². The summed E-state index contributed by atoms with van der Waals surface area (Å²) in [4.78, 5) is 8.49. The first-order valence-corrected chi connectivity index (χ1v) is 4.78. The van der Waals surface area contributed by atoms with Gasteiger partial charge in [-0.3, -0.25) is 4.99 Å². The lowest BCUT2D eigenvalue weighted by Gasteiger charge is -2.00. The zero-order valence-corrected chi connectivity index (χ0v) is 8.52. The Morgan fingerprint density at radius 1 is 1.33 bits per heavy atom. The maximum atomic E-state index is 4.42.